The molecule has 1 saturated heterocycles. The molecular weight excluding hydrogens is 279 g/mol. The molecule has 116 valence electrons. The van der Waals surface area contributed by atoms with Crippen LogP contribution in [0, 0.1) is 0 Å². The Kier molecular flexibility index (Phi) is 4.98. The molecule has 20 heavy (non-hydrogen) atoms. The molecule has 9 heteroatoms. The number of halogens is 3. The molecular formula is C11H18F3N3O3. The molecule has 2 unspecified atom stereocenters. The normalized spacial score (nSPS) is 25.0. The fraction of sp³-hybridized carbons (Fsp3) is 0.818. The number of β-amino-alcohol motifs (C(OH)–C–C–N with tert-alkyl or cyclic N) is 1. The Morgan fingerprint density at radius 2 is 2.05 bits per heavy atom. The van der Waals surface area contributed by atoms with Gasteiger partial charge in [-0.05, 0) is 19.9 Å². The molecule has 1 rings (SSSR count). The van der Waals surface area contributed by atoms with Crippen LogP contribution in [-0.4, -0.2) is 59.4 Å². The summed E-state index contributed by atoms with van der Waals surface area (Å²) in [7, 11) is 0. The van der Waals surface area contributed by atoms with Crippen LogP contribution in [0.15, 0.2) is 0 Å². The highest BCUT2D eigenvalue weighted by Gasteiger charge is 2.64. The molecule has 3 amide bonds. The van der Waals surface area contributed by atoms with Crippen LogP contribution < -0.4 is 10.6 Å². The minimum atomic E-state index is -4.89. The highest BCUT2D eigenvalue weighted by molar-refractivity contribution is 6.07. The monoisotopic (exact) mass is 297 g/mol. The van der Waals surface area contributed by atoms with Crippen LogP contribution in [0.1, 0.15) is 20.3 Å². The van der Waals surface area contributed by atoms with Gasteiger partial charge in [-0.3, -0.25) is 9.69 Å². The second kappa shape index (κ2) is 5.96. The first-order valence-electron chi connectivity index (χ1n) is 6.23. The van der Waals surface area contributed by atoms with Crippen LogP contribution in [0.25, 0.3) is 0 Å². The number of carbonyl (C=O) groups is 2. The summed E-state index contributed by atoms with van der Waals surface area (Å²) >= 11 is 0. The molecule has 0 radical (unpaired) electrons. The maximum Gasteiger partial charge on any atom is 0.420 e. The van der Waals surface area contributed by atoms with Crippen LogP contribution in [0.2, 0.25) is 0 Å². The first-order valence-corrected chi connectivity index (χ1v) is 6.23. The van der Waals surface area contributed by atoms with E-state index in [0.717, 1.165) is 6.42 Å². The van der Waals surface area contributed by atoms with Gasteiger partial charge in [0.2, 0.25) is 5.54 Å². The van der Waals surface area contributed by atoms with E-state index in [1.165, 1.54) is 0 Å². The summed E-state index contributed by atoms with van der Waals surface area (Å²) in [5.41, 5.74) is -2.93. The van der Waals surface area contributed by atoms with E-state index in [4.69, 9.17) is 0 Å². The van der Waals surface area contributed by atoms with Gasteiger partial charge >= 0.3 is 12.2 Å². The van der Waals surface area contributed by atoms with Crippen molar-refractivity contribution in [2.24, 2.45) is 0 Å². The maximum atomic E-state index is 12.8. The van der Waals surface area contributed by atoms with Crippen LogP contribution in [0.5, 0.6) is 0 Å². The molecule has 0 spiro atoms. The van der Waals surface area contributed by atoms with E-state index in [9.17, 15) is 27.9 Å². The number of nitrogens with zero attached hydrogens (tertiary/aromatic N) is 1. The maximum absolute atomic E-state index is 12.8. The van der Waals surface area contributed by atoms with Crippen molar-refractivity contribution in [1.29, 1.82) is 0 Å². The summed E-state index contributed by atoms with van der Waals surface area (Å²) in [4.78, 5) is 23.6. The van der Waals surface area contributed by atoms with E-state index >= 15 is 0 Å². The van der Waals surface area contributed by atoms with Crippen molar-refractivity contribution in [3.05, 3.63) is 0 Å². The van der Waals surface area contributed by atoms with Crippen LogP contribution in [0.4, 0.5) is 18.0 Å². The third-order valence-electron chi connectivity index (χ3n) is 3.04. The molecule has 3 N–H and O–H groups in total. The second-order valence-electron chi connectivity index (χ2n) is 4.83. The molecule has 0 aromatic rings. The molecule has 0 saturated carbocycles. The first kappa shape index (κ1) is 16.7. The summed E-state index contributed by atoms with van der Waals surface area (Å²) in [5.74, 6) is -1.40. The van der Waals surface area contributed by atoms with E-state index < -0.39 is 36.3 Å². The largest absolute Gasteiger partial charge is 0.420 e. The standard InChI is InChI=1S/C11H18F3N3O3/c1-3-4-15-5-7(18)6-17-8(19)10(2,11(12,13)14)16-9(17)20/h7,15,18H,3-6H2,1-2H3,(H,16,20). The SMILES string of the molecule is CCCNCC(O)CN1C(=O)NC(C)(C(F)(F)F)C1=O. The van der Waals surface area contributed by atoms with Crippen molar-refractivity contribution < 1.29 is 27.9 Å². The Hall–Kier alpha value is -1.35. The number of rotatable bonds is 6. The Bertz CT molecular complexity index is 389. The van der Waals surface area contributed by atoms with Gasteiger partial charge in [0.05, 0.1) is 12.6 Å². The van der Waals surface area contributed by atoms with Gasteiger partial charge in [0.25, 0.3) is 5.91 Å². The third-order valence-corrected chi connectivity index (χ3v) is 3.04. The zero-order chi connectivity index (χ0) is 15.6. The minimum Gasteiger partial charge on any atom is -0.390 e. The Balaban J connectivity index is 2.69. The summed E-state index contributed by atoms with van der Waals surface area (Å²) in [6.45, 7) is 2.75. The van der Waals surface area contributed by atoms with E-state index in [1.807, 2.05) is 6.92 Å². The van der Waals surface area contributed by atoms with Crippen LogP contribution in [-0.2, 0) is 4.79 Å². The van der Waals surface area contributed by atoms with Crippen LogP contribution in [0.3, 0.4) is 0 Å². The van der Waals surface area contributed by atoms with Crippen molar-refractivity contribution in [3.8, 4) is 0 Å². The van der Waals surface area contributed by atoms with Gasteiger partial charge in [-0.15, -0.1) is 0 Å². The van der Waals surface area contributed by atoms with E-state index in [-0.39, 0.29) is 6.54 Å². The molecule has 0 aliphatic carbocycles. The van der Waals surface area contributed by atoms with Crippen molar-refractivity contribution in [1.82, 2.24) is 15.5 Å². The molecule has 1 fully saturated rings. The Morgan fingerprint density at radius 3 is 2.50 bits per heavy atom. The summed E-state index contributed by atoms with van der Waals surface area (Å²) in [6, 6.07) is -1.15. The van der Waals surface area contributed by atoms with E-state index in [2.05, 4.69) is 5.32 Å². The molecule has 6 nitrogen and oxygen atoms in total. The molecule has 1 heterocycles. The fourth-order valence-corrected chi connectivity index (χ4v) is 1.78. The number of carbonyl (C=O) groups excluding carboxylic acids is 2. The van der Waals surface area contributed by atoms with Crippen molar-refractivity contribution in [2.45, 2.75) is 38.1 Å². The van der Waals surface area contributed by atoms with Crippen molar-refractivity contribution >= 4 is 11.9 Å². The van der Waals surface area contributed by atoms with E-state index in [1.54, 1.807) is 5.32 Å². The van der Waals surface area contributed by atoms with Gasteiger partial charge in [-0.2, -0.15) is 13.2 Å². The summed E-state index contributed by atoms with van der Waals surface area (Å²) in [6.07, 6.45) is -5.19. The van der Waals surface area contributed by atoms with Gasteiger partial charge in [0.15, 0.2) is 0 Å². The lowest BCUT2D eigenvalue weighted by Gasteiger charge is -2.25. The molecule has 1 aliphatic rings. The zero-order valence-electron chi connectivity index (χ0n) is 11.3. The average molecular weight is 297 g/mol. The summed E-state index contributed by atoms with van der Waals surface area (Å²) in [5, 5.41) is 14.1. The number of amides is 3. The van der Waals surface area contributed by atoms with Crippen LogP contribution >= 0.6 is 0 Å². The predicted octanol–water partition coefficient (Wildman–Crippen LogP) is 0.220. The number of nitrogens with one attached hydrogen (secondary N) is 2. The molecule has 1 aliphatic heterocycles. The van der Waals surface area contributed by atoms with Gasteiger partial charge in [0.1, 0.15) is 0 Å². The first-order chi connectivity index (χ1) is 9.13. The number of hydrogen-bond donors (Lipinski definition) is 3. The topological polar surface area (TPSA) is 81.7 Å². The highest BCUT2D eigenvalue weighted by atomic mass is 19.4. The lowest BCUT2D eigenvalue weighted by atomic mass is 10.0. The van der Waals surface area contributed by atoms with Gasteiger partial charge in [0, 0.05) is 6.54 Å². The highest BCUT2D eigenvalue weighted by Crippen LogP contribution is 2.35. The van der Waals surface area contributed by atoms with Crippen molar-refractivity contribution in [3.63, 3.8) is 0 Å². The number of aliphatic hydroxyl groups is 1. The molecule has 0 aromatic carbocycles. The number of hydrogen-bond acceptors (Lipinski definition) is 4. The second-order valence-corrected chi connectivity index (χ2v) is 4.83. The number of alkyl halides is 3. The molecule has 2 atom stereocenters. The summed E-state index contributed by atoms with van der Waals surface area (Å²) < 4.78 is 38.4. The Labute approximate surface area is 114 Å². The average Bonchev–Trinajstić information content (AvgIpc) is 2.54. The number of imide groups is 1. The molecule has 0 aromatic heterocycles. The fourth-order valence-electron chi connectivity index (χ4n) is 1.78. The van der Waals surface area contributed by atoms with E-state index in [0.29, 0.717) is 18.4 Å². The lowest BCUT2D eigenvalue weighted by Crippen LogP contribution is -2.56. The van der Waals surface area contributed by atoms with Crippen molar-refractivity contribution in [2.75, 3.05) is 19.6 Å². The predicted molar refractivity (Wildman–Crippen MR) is 63.9 cm³/mol. The lowest BCUT2D eigenvalue weighted by molar-refractivity contribution is -0.191. The third kappa shape index (κ3) is 3.21. The zero-order valence-corrected chi connectivity index (χ0v) is 11.3. The smallest absolute Gasteiger partial charge is 0.390 e. The minimum absolute atomic E-state index is 0.0909. The van der Waals surface area contributed by atoms with Gasteiger partial charge in [-0.25, -0.2) is 4.79 Å². The molecule has 0 bridgehead atoms. The number of urea groups is 1. The quantitative estimate of drug-likeness (QED) is 0.484. The van der Waals surface area contributed by atoms with Gasteiger partial charge < -0.3 is 15.7 Å². The Morgan fingerprint density at radius 1 is 1.45 bits per heavy atom. The van der Waals surface area contributed by atoms with Gasteiger partial charge in [-0.1, -0.05) is 6.92 Å². The number of aliphatic hydroxyl groups excluding tert-OH is 1.